The Morgan fingerprint density at radius 1 is 0.737 bits per heavy atom. The molecule has 19 heavy (non-hydrogen) atoms. The predicted molar refractivity (Wildman–Crippen MR) is 65.6 cm³/mol. The average Bonchev–Trinajstić information content (AvgIpc) is 2.11. The molecule has 0 bridgehead atoms. The molecular weight excluding hydrogens is 342 g/mol. The number of hydrogen-bond acceptors (Lipinski definition) is 6. The first-order chi connectivity index (χ1) is 8.24. The van der Waals surface area contributed by atoms with Crippen molar-refractivity contribution in [1.82, 2.24) is 0 Å². The van der Waals surface area contributed by atoms with Crippen LogP contribution in [0.5, 0.6) is 0 Å². The van der Waals surface area contributed by atoms with Crippen LogP contribution in [0.15, 0.2) is 26.8 Å². The molecule has 1 rings (SSSR count). The third-order valence-electron chi connectivity index (χ3n) is 1.92. The molecule has 0 amide bonds. The zero-order valence-electron chi connectivity index (χ0n) is 8.94. The van der Waals surface area contributed by atoms with Crippen molar-refractivity contribution in [3.63, 3.8) is 0 Å². The van der Waals surface area contributed by atoms with Gasteiger partial charge in [0.25, 0.3) is 0 Å². The monoisotopic (exact) mass is 349 g/mol. The van der Waals surface area contributed by atoms with E-state index in [1.165, 1.54) is 0 Å². The lowest BCUT2D eigenvalue weighted by Crippen LogP contribution is -2.20. The topological polar surface area (TPSA) is 180 Å². The lowest BCUT2D eigenvalue weighted by Gasteiger charge is -2.09. The second kappa shape index (κ2) is 4.66. The molecule has 0 aliphatic carbocycles. The van der Waals surface area contributed by atoms with Crippen LogP contribution in [-0.4, -0.2) is 25.3 Å². The highest BCUT2D eigenvalue weighted by molar-refractivity contribution is 7.91. The van der Waals surface area contributed by atoms with E-state index in [0.29, 0.717) is 12.1 Å². The zero-order chi connectivity index (χ0) is 15.2. The molecule has 0 atom stereocenters. The normalized spacial score (nSPS) is 13.5. The third kappa shape index (κ3) is 3.62. The highest BCUT2D eigenvalue weighted by Crippen LogP contribution is 2.30. The first kappa shape index (κ1) is 16.3. The Balaban J connectivity index is 4.00. The van der Waals surface area contributed by atoms with Crippen LogP contribution in [0.4, 0.5) is 0 Å². The van der Waals surface area contributed by atoms with E-state index in [2.05, 4.69) is 0 Å². The Labute approximate surface area is 114 Å². The zero-order valence-corrected chi connectivity index (χ0v) is 12.1. The van der Waals surface area contributed by atoms with Crippen molar-refractivity contribution in [3.8, 4) is 0 Å². The Bertz CT molecular complexity index is 789. The third-order valence-corrected chi connectivity index (χ3v) is 5.32. The number of rotatable bonds is 3. The van der Waals surface area contributed by atoms with Crippen molar-refractivity contribution in [2.45, 2.75) is 14.7 Å². The van der Waals surface area contributed by atoms with Crippen LogP contribution in [-0.2, 0) is 30.1 Å². The standard InChI is InChI=1S/C6H8ClN3O6S3/c7-6-4(18(9,13)14)1-3(17(8,11)12)2-5(6)19(10,15)16/h1-2H,(H2,8,11,12)(H2,9,13,14)(H2,10,15,16). The van der Waals surface area contributed by atoms with Crippen LogP contribution in [0.1, 0.15) is 0 Å². The quantitative estimate of drug-likeness (QED) is 0.583. The van der Waals surface area contributed by atoms with Crippen molar-refractivity contribution in [2.24, 2.45) is 15.4 Å². The molecule has 0 saturated carbocycles. The van der Waals surface area contributed by atoms with Gasteiger partial charge in [0.05, 0.1) is 9.92 Å². The van der Waals surface area contributed by atoms with Gasteiger partial charge < -0.3 is 0 Å². The number of hydrogen-bond donors (Lipinski definition) is 3. The summed E-state index contributed by atoms with van der Waals surface area (Å²) < 4.78 is 67.3. The molecule has 0 fully saturated rings. The lowest BCUT2D eigenvalue weighted by atomic mass is 10.3. The number of nitrogens with two attached hydrogens (primary N) is 3. The minimum Gasteiger partial charge on any atom is -0.225 e. The minimum absolute atomic E-state index is 0.543. The Kier molecular flexibility index (Phi) is 4.00. The summed E-state index contributed by atoms with van der Waals surface area (Å²) in [6, 6.07) is 1.09. The summed E-state index contributed by atoms with van der Waals surface area (Å²) in [4.78, 5) is -2.63. The predicted octanol–water partition coefficient (Wildman–Crippen LogP) is -1.72. The van der Waals surface area contributed by atoms with Crippen LogP contribution >= 0.6 is 11.6 Å². The Hall–Kier alpha value is -0.760. The molecular formula is C6H8ClN3O6S3. The van der Waals surface area contributed by atoms with Crippen molar-refractivity contribution in [2.75, 3.05) is 0 Å². The van der Waals surface area contributed by atoms with E-state index in [0.717, 1.165) is 0 Å². The van der Waals surface area contributed by atoms with Gasteiger partial charge in [0, 0.05) is 0 Å². The molecule has 9 nitrogen and oxygen atoms in total. The molecule has 0 radical (unpaired) electrons. The SMILES string of the molecule is NS(=O)(=O)c1cc(S(N)(=O)=O)c(Cl)c(S(N)(=O)=O)c1. The smallest absolute Gasteiger partial charge is 0.225 e. The maximum atomic E-state index is 11.2. The first-order valence-electron chi connectivity index (χ1n) is 4.16. The summed E-state index contributed by atoms with van der Waals surface area (Å²) in [5.74, 6) is 0. The Morgan fingerprint density at radius 3 is 1.26 bits per heavy atom. The summed E-state index contributed by atoms with van der Waals surface area (Å²) in [6.07, 6.45) is 0. The molecule has 0 aliphatic heterocycles. The second-order valence-electron chi connectivity index (χ2n) is 3.37. The summed E-state index contributed by atoms with van der Waals surface area (Å²) in [7, 11) is -13.3. The van der Waals surface area contributed by atoms with Gasteiger partial charge in [-0.1, -0.05) is 11.6 Å². The maximum absolute atomic E-state index is 11.2. The van der Waals surface area contributed by atoms with Crippen molar-refractivity contribution in [1.29, 1.82) is 0 Å². The van der Waals surface area contributed by atoms with Gasteiger partial charge in [0.2, 0.25) is 30.1 Å². The van der Waals surface area contributed by atoms with E-state index in [4.69, 9.17) is 27.0 Å². The van der Waals surface area contributed by atoms with Crippen LogP contribution in [0.25, 0.3) is 0 Å². The molecule has 0 saturated heterocycles. The van der Waals surface area contributed by atoms with Crippen LogP contribution in [0, 0.1) is 0 Å². The van der Waals surface area contributed by atoms with E-state index in [9.17, 15) is 25.3 Å². The number of sulfonamides is 3. The molecule has 1 aromatic carbocycles. The van der Waals surface area contributed by atoms with E-state index in [-0.39, 0.29) is 0 Å². The van der Waals surface area contributed by atoms with E-state index in [1.54, 1.807) is 0 Å². The van der Waals surface area contributed by atoms with E-state index < -0.39 is 49.8 Å². The molecule has 0 aliphatic rings. The van der Waals surface area contributed by atoms with Gasteiger partial charge in [-0.3, -0.25) is 0 Å². The van der Waals surface area contributed by atoms with Gasteiger partial charge in [0.1, 0.15) is 9.79 Å². The summed E-state index contributed by atoms with van der Waals surface area (Å²) in [5.41, 5.74) is 0. The van der Waals surface area contributed by atoms with Gasteiger partial charge in [-0.25, -0.2) is 40.7 Å². The molecule has 1 aromatic rings. The van der Waals surface area contributed by atoms with Gasteiger partial charge in [-0.2, -0.15) is 0 Å². The average molecular weight is 350 g/mol. The number of benzene rings is 1. The summed E-state index contributed by atoms with van der Waals surface area (Å²) in [6.45, 7) is 0. The minimum atomic E-state index is -4.47. The lowest BCUT2D eigenvalue weighted by molar-refractivity contribution is 0.593. The highest BCUT2D eigenvalue weighted by Gasteiger charge is 2.25. The van der Waals surface area contributed by atoms with Gasteiger partial charge >= 0.3 is 0 Å². The molecule has 13 heteroatoms. The van der Waals surface area contributed by atoms with Gasteiger partial charge in [-0.05, 0) is 12.1 Å². The van der Waals surface area contributed by atoms with E-state index in [1.807, 2.05) is 0 Å². The number of halogens is 1. The first-order valence-corrected chi connectivity index (χ1v) is 9.18. The van der Waals surface area contributed by atoms with Crippen LogP contribution in [0.2, 0.25) is 5.02 Å². The molecule has 0 spiro atoms. The molecule has 6 N–H and O–H groups in total. The van der Waals surface area contributed by atoms with Crippen LogP contribution in [0.3, 0.4) is 0 Å². The summed E-state index contributed by atoms with van der Waals surface area (Å²) >= 11 is 5.55. The fourth-order valence-corrected chi connectivity index (χ4v) is 3.96. The highest BCUT2D eigenvalue weighted by atomic mass is 35.5. The van der Waals surface area contributed by atoms with Crippen LogP contribution < -0.4 is 15.4 Å². The molecule has 0 heterocycles. The molecule has 108 valence electrons. The number of primary sulfonamides is 3. The maximum Gasteiger partial charge on any atom is 0.239 e. The molecule has 0 unspecified atom stereocenters. The largest absolute Gasteiger partial charge is 0.239 e. The van der Waals surface area contributed by atoms with Gasteiger partial charge in [-0.15, -0.1) is 0 Å². The fraction of sp³-hybridized carbons (Fsp3) is 0. The fourth-order valence-electron chi connectivity index (χ4n) is 1.13. The van der Waals surface area contributed by atoms with Gasteiger partial charge in [0.15, 0.2) is 0 Å². The Morgan fingerprint density at radius 2 is 1.05 bits per heavy atom. The second-order valence-corrected chi connectivity index (χ2v) is 8.37. The van der Waals surface area contributed by atoms with E-state index >= 15 is 0 Å². The summed E-state index contributed by atoms with van der Waals surface area (Å²) in [5, 5.41) is 13.6. The van der Waals surface area contributed by atoms with Crippen molar-refractivity contribution >= 4 is 41.7 Å². The van der Waals surface area contributed by atoms with Crippen molar-refractivity contribution in [3.05, 3.63) is 17.2 Å². The van der Waals surface area contributed by atoms with Crippen molar-refractivity contribution < 1.29 is 25.3 Å². The molecule has 0 aromatic heterocycles.